The number of rotatable bonds is 6. The molecule has 2 N–H and O–H groups in total. The summed E-state index contributed by atoms with van der Waals surface area (Å²) >= 11 is 0. The van der Waals surface area contributed by atoms with Crippen LogP contribution >= 0.6 is 0 Å². The molecule has 0 atom stereocenters. The van der Waals surface area contributed by atoms with Gasteiger partial charge < -0.3 is 14.6 Å². The molecule has 0 saturated heterocycles. The van der Waals surface area contributed by atoms with Crippen LogP contribution in [0.5, 0.6) is 17.2 Å². The Kier molecular flexibility index (Phi) is 5.56. The van der Waals surface area contributed by atoms with Crippen LogP contribution in [0.4, 0.5) is 0 Å². The molecule has 0 bridgehead atoms. The van der Waals surface area contributed by atoms with Gasteiger partial charge in [0.15, 0.2) is 0 Å². The van der Waals surface area contributed by atoms with Crippen LogP contribution in [-0.2, 0) is 0 Å². The van der Waals surface area contributed by atoms with Gasteiger partial charge in [0, 0.05) is 11.6 Å². The second kappa shape index (κ2) is 8.23. The van der Waals surface area contributed by atoms with Crippen LogP contribution in [0.2, 0.25) is 0 Å². The number of aromatic hydroxyl groups is 1. The lowest BCUT2D eigenvalue weighted by Crippen LogP contribution is -2.18. The van der Waals surface area contributed by atoms with Crippen LogP contribution in [0.15, 0.2) is 59.7 Å². The zero-order valence-electron chi connectivity index (χ0n) is 15.1. The third-order valence-electron chi connectivity index (χ3n) is 4.00. The number of nitrogens with one attached hydrogen (secondary N) is 1. The maximum Gasteiger partial charge on any atom is 0.275 e. The Bertz CT molecular complexity index is 999. The third kappa shape index (κ3) is 4.17. The van der Waals surface area contributed by atoms with E-state index in [1.54, 1.807) is 18.2 Å². The van der Waals surface area contributed by atoms with Crippen molar-refractivity contribution in [2.45, 2.75) is 6.92 Å². The summed E-state index contributed by atoms with van der Waals surface area (Å²) in [6.45, 7) is 2.37. The van der Waals surface area contributed by atoms with E-state index in [0.29, 0.717) is 29.2 Å². The van der Waals surface area contributed by atoms with Gasteiger partial charge in [0.05, 0.1) is 25.5 Å². The molecule has 0 aliphatic rings. The number of methoxy groups -OCH3 is 1. The maximum atomic E-state index is 12.5. The minimum absolute atomic E-state index is 0.0160. The number of benzene rings is 3. The van der Waals surface area contributed by atoms with Crippen LogP contribution in [0.3, 0.4) is 0 Å². The fraction of sp³-hybridized carbons (Fsp3) is 0.143. The number of amides is 1. The summed E-state index contributed by atoms with van der Waals surface area (Å²) in [4.78, 5) is 12.5. The van der Waals surface area contributed by atoms with Crippen molar-refractivity contribution in [2.24, 2.45) is 5.10 Å². The molecule has 0 aliphatic carbocycles. The number of hydrazone groups is 1. The second-order valence-electron chi connectivity index (χ2n) is 5.75. The molecule has 3 aromatic rings. The third-order valence-corrected chi connectivity index (χ3v) is 4.00. The number of carbonyl (C=O) groups is 1. The zero-order valence-corrected chi connectivity index (χ0v) is 15.1. The van der Waals surface area contributed by atoms with Crippen molar-refractivity contribution >= 4 is 22.9 Å². The summed E-state index contributed by atoms with van der Waals surface area (Å²) in [5, 5.41) is 15.8. The zero-order chi connectivity index (χ0) is 19.2. The predicted molar refractivity (Wildman–Crippen MR) is 105 cm³/mol. The number of phenolic OH excluding ortho intramolecular Hbond substituents is 1. The molecule has 0 radical (unpaired) electrons. The van der Waals surface area contributed by atoms with Gasteiger partial charge in [0.1, 0.15) is 17.2 Å². The molecule has 3 rings (SSSR count). The summed E-state index contributed by atoms with van der Waals surface area (Å²) in [5.41, 5.74) is 3.30. The van der Waals surface area contributed by atoms with Crippen LogP contribution in [-0.4, -0.2) is 30.9 Å². The normalized spacial score (nSPS) is 10.9. The highest BCUT2D eigenvalue weighted by Crippen LogP contribution is 2.26. The molecule has 6 nitrogen and oxygen atoms in total. The summed E-state index contributed by atoms with van der Waals surface area (Å²) in [7, 11) is 1.52. The maximum absolute atomic E-state index is 12.5. The fourth-order valence-electron chi connectivity index (χ4n) is 2.68. The monoisotopic (exact) mass is 364 g/mol. The van der Waals surface area contributed by atoms with Crippen LogP contribution in [0.1, 0.15) is 22.8 Å². The van der Waals surface area contributed by atoms with Gasteiger partial charge in [-0.05, 0) is 42.0 Å². The molecular weight excluding hydrogens is 344 g/mol. The van der Waals surface area contributed by atoms with E-state index in [1.165, 1.54) is 19.4 Å². The van der Waals surface area contributed by atoms with Crippen molar-refractivity contribution in [3.63, 3.8) is 0 Å². The molecule has 0 fully saturated rings. The van der Waals surface area contributed by atoms with E-state index in [0.717, 1.165) is 10.8 Å². The molecule has 138 valence electrons. The Morgan fingerprint density at radius 1 is 1.15 bits per heavy atom. The average Bonchev–Trinajstić information content (AvgIpc) is 2.68. The number of hydrogen-bond acceptors (Lipinski definition) is 5. The van der Waals surface area contributed by atoms with Gasteiger partial charge in [-0.1, -0.05) is 24.3 Å². The highest BCUT2D eigenvalue weighted by Gasteiger charge is 2.13. The molecule has 6 heteroatoms. The van der Waals surface area contributed by atoms with Gasteiger partial charge >= 0.3 is 0 Å². The number of hydrogen-bond donors (Lipinski definition) is 2. The molecule has 0 aromatic heterocycles. The smallest absolute Gasteiger partial charge is 0.275 e. The number of ether oxygens (including phenoxy) is 2. The first-order chi connectivity index (χ1) is 13.1. The van der Waals surface area contributed by atoms with Crippen molar-refractivity contribution in [2.75, 3.05) is 13.7 Å². The number of nitrogens with zero attached hydrogens (tertiary/aromatic N) is 1. The Hall–Kier alpha value is -3.54. The second-order valence-corrected chi connectivity index (χ2v) is 5.75. The Balaban J connectivity index is 1.77. The highest BCUT2D eigenvalue weighted by molar-refractivity contribution is 6.02. The topological polar surface area (TPSA) is 80.2 Å². The van der Waals surface area contributed by atoms with Crippen molar-refractivity contribution in [3.05, 3.63) is 65.7 Å². The fourth-order valence-corrected chi connectivity index (χ4v) is 2.68. The SMILES string of the molecule is CCOc1ccc(/C=N/NC(=O)c2cc3ccccc3cc2OC)c(O)c1. The number of carbonyl (C=O) groups excluding carboxylic acids is 1. The Morgan fingerprint density at radius 2 is 1.89 bits per heavy atom. The molecule has 1 amide bonds. The first-order valence-electron chi connectivity index (χ1n) is 8.48. The standard InChI is InChI=1S/C21H20N2O4/c1-3-27-17-9-8-16(19(24)12-17)13-22-23-21(25)18-10-14-6-4-5-7-15(14)11-20(18)26-2/h4-13,24H,3H2,1-2H3,(H,23,25)/b22-13+. The highest BCUT2D eigenvalue weighted by atomic mass is 16.5. The van der Waals surface area contributed by atoms with Gasteiger partial charge in [-0.2, -0.15) is 5.10 Å². The molecular formula is C21H20N2O4. The van der Waals surface area contributed by atoms with Crippen molar-refractivity contribution in [1.82, 2.24) is 5.43 Å². The molecule has 3 aromatic carbocycles. The lowest BCUT2D eigenvalue weighted by atomic mass is 10.1. The van der Waals surface area contributed by atoms with Crippen molar-refractivity contribution in [3.8, 4) is 17.2 Å². The predicted octanol–water partition coefficient (Wildman–Crippen LogP) is 3.72. The largest absolute Gasteiger partial charge is 0.507 e. The average molecular weight is 364 g/mol. The first kappa shape index (κ1) is 18.3. The summed E-state index contributed by atoms with van der Waals surface area (Å²) in [6, 6.07) is 16.2. The van der Waals surface area contributed by atoms with E-state index < -0.39 is 5.91 Å². The van der Waals surface area contributed by atoms with E-state index in [2.05, 4.69) is 10.5 Å². The van der Waals surface area contributed by atoms with Gasteiger partial charge in [0.2, 0.25) is 0 Å². The number of fused-ring (bicyclic) bond motifs is 1. The van der Waals surface area contributed by atoms with Crippen LogP contribution in [0, 0.1) is 0 Å². The van der Waals surface area contributed by atoms with Crippen molar-refractivity contribution in [1.29, 1.82) is 0 Å². The Labute approximate surface area is 157 Å². The van der Waals surface area contributed by atoms with Gasteiger partial charge in [0.25, 0.3) is 5.91 Å². The van der Waals surface area contributed by atoms with E-state index in [-0.39, 0.29) is 5.75 Å². The van der Waals surface area contributed by atoms with Crippen LogP contribution < -0.4 is 14.9 Å². The van der Waals surface area contributed by atoms with E-state index in [9.17, 15) is 9.90 Å². The first-order valence-corrected chi connectivity index (χ1v) is 8.48. The lowest BCUT2D eigenvalue weighted by Gasteiger charge is -2.09. The molecule has 0 saturated carbocycles. The van der Waals surface area contributed by atoms with E-state index >= 15 is 0 Å². The van der Waals surface area contributed by atoms with E-state index in [1.807, 2.05) is 37.3 Å². The number of phenols is 1. The van der Waals surface area contributed by atoms with E-state index in [4.69, 9.17) is 9.47 Å². The Morgan fingerprint density at radius 3 is 2.56 bits per heavy atom. The molecule has 0 aliphatic heterocycles. The van der Waals surface area contributed by atoms with Crippen LogP contribution in [0.25, 0.3) is 10.8 Å². The van der Waals surface area contributed by atoms with Gasteiger partial charge in [-0.3, -0.25) is 4.79 Å². The molecule has 0 heterocycles. The summed E-state index contributed by atoms with van der Waals surface area (Å²) in [5.74, 6) is 0.643. The molecule has 0 spiro atoms. The quantitative estimate of drug-likeness (QED) is 0.516. The van der Waals surface area contributed by atoms with Gasteiger partial charge in [-0.25, -0.2) is 5.43 Å². The van der Waals surface area contributed by atoms with Crippen molar-refractivity contribution < 1.29 is 19.4 Å². The van der Waals surface area contributed by atoms with Gasteiger partial charge in [-0.15, -0.1) is 0 Å². The minimum atomic E-state index is -0.403. The minimum Gasteiger partial charge on any atom is -0.507 e. The molecule has 27 heavy (non-hydrogen) atoms. The lowest BCUT2D eigenvalue weighted by molar-refractivity contribution is 0.0952. The summed E-state index contributed by atoms with van der Waals surface area (Å²) in [6.07, 6.45) is 1.37. The summed E-state index contributed by atoms with van der Waals surface area (Å²) < 4.78 is 10.6. The molecule has 0 unspecified atom stereocenters.